The molecule has 0 unspecified atom stereocenters. The summed E-state index contributed by atoms with van der Waals surface area (Å²) in [6.07, 6.45) is 4.51. The minimum Gasteiger partial charge on any atom is -0.496 e. The maximum absolute atomic E-state index is 10.9. The van der Waals surface area contributed by atoms with Crippen molar-refractivity contribution < 1.29 is 14.3 Å². The van der Waals surface area contributed by atoms with E-state index in [1.165, 1.54) is 0 Å². The lowest BCUT2D eigenvalue weighted by Crippen LogP contribution is -2.34. The van der Waals surface area contributed by atoms with Gasteiger partial charge in [-0.3, -0.25) is 0 Å². The lowest BCUT2D eigenvalue weighted by atomic mass is 9.69. The quantitative estimate of drug-likeness (QED) is 0.610. The second-order valence-corrected chi connectivity index (χ2v) is 5.50. The fourth-order valence-electron chi connectivity index (χ4n) is 3.00. The highest BCUT2D eigenvalue weighted by atomic mass is 16.5. The van der Waals surface area contributed by atoms with Crippen LogP contribution in [0.1, 0.15) is 50.2 Å². The van der Waals surface area contributed by atoms with E-state index < -0.39 is 5.54 Å². The van der Waals surface area contributed by atoms with E-state index in [4.69, 9.17) is 9.47 Å². The third-order valence-corrected chi connectivity index (χ3v) is 4.09. The van der Waals surface area contributed by atoms with Crippen LogP contribution >= 0.6 is 0 Å². The molecular formula is C16H21NO3. The van der Waals surface area contributed by atoms with Gasteiger partial charge in [-0.1, -0.05) is 13.8 Å². The van der Waals surface area contributed by atoms with Crippen LogP contribution in [0.5, 0.6) is 11.5 Å². The van der Waals surface area contributed by atoms with E-state index in [2.05, 4.69) is 18.8 Å². The highest BCUT2D eigenvalue weighted by molar-refractivity contribution is 5.56. The molecule has 1 aromatic carbocycles. The molecular weight excluding hydrogens is 254 g/mol. The third kappa shape index (κ3) is 2.20. The first kappa shape index (κ1) is 14.6. The van der Waals surface area contributed by atoms with Gasteiger partial charge in [0.05, 0.1) is 14.2 Å². The molecule has 20 heavy (non-hydrogen) atoms. The molecule has 0 heterocycles. The Morgan fingerprint density at radius 2 is 1.80 bits per heavy atom. The minimum atomic E-state index is -0.485. The Labute approximate surface area is 119 Å². The molecule has 0 radical (unpaired) electrons. The molecule has 0 aromatic heterocycles. The first-order valence-electron chi connectivity index (χ1n) is 6.94. The molecule has 1 aromatic rings. The fourth-order valence-corrected chi connectivity index (χ4v) is 3.00. The number of nitrogens with zero attached hydrogens (tertiary/aromatic N) is 1. The zero-order valence-corrected chi connectivity index (χ0v) is 12.5. The molecule has 1 aliphatic carbocycles. The number of rotatable bonds is 5. The van der Waals surface area contributed by atoms with E-state index in [-0.39, 0.29) is 5.92 Å². The van der Waals surface area contributed by atoms with Crippen LogP contribution in [0.3, 0.4) is 0 Å². The molecule has 0 aliphatic heterocycles. The summed E-state index contributed by atoms with van der Waals surface area (Å²) >= 11 is 0. The highest BCUT2D eigenvalue weighted by Gasteiger charge is 2.43. The van der Waals surface area contributed by atoms with E-state index >= 15 is 0 Å². The number of carbonyl (C=O) groups excluding carboxylic acids is 1. The Bertz CT molecular complexity index is 541. The maximum Gasteiger partial charge on any atom is 0.235 e. The normalized spacial score (nSPS) is 16.2. The topological polar surface area (TPSA) is 47.9 Å². The molecule has 108 valence electrons. The van der Waals surface area contributed by atoms with Crippen molar-refractivity contribution in [2.75, 3.05) is 14.2 Å². The van der Waals surface area contributed by atoms with Gasteiger partial charge < -0.3 is 9.47 Å². The SMILES string of the molecule is COc1ccc(OC)c(C2(N=C=O)CCC2)c1C(C)C. The van der Waals surface area contributed by atoms with Crippen molar-refractivity contribution in [1.29, 1.82) is 0 Å². The van der Waals surface area contributed by atoms with Gasteiger partial charge in [-0.05, 0) is 37.3 Å². The van der Waals surface area contributed by atoms with Crippen molar-refractivity contribution >= 4 is 6.08 Å². The average Bonchev–Trinajstić information content (AvgIpc) is 2.41. The number of isocyanates is 1. The van der Waals surface area contributed by atoms with Gasteiger partial charge in [0, 0.05) is 11.1 Å². The van der Waals surface area contributed by atoms with Gasteiger partial charge >= 0.3 is 0 Å². The molecule has 1 saturated carbocycles. The van der Waals surface area contributed by atoms with Crippen molar-refractivity contribution in [2.24, 2.45) is 4.99 Å². The Balaban J connectivity index is 2.73. The van der Waals surface area contributed by atoms with E-state index in [9.17, 15) is 4.79 Å². The van der Waals surface area contributed by atoms with Crippen LogP contribution in [0.2, 0.25) is 0 Å². The smallest absolute Gasteiger partial charge is 0.235 e. The van der Waals surface area contributed by atoms with E-state index in [0.717, 1.165) is 41.9 Å². The first-order chi connectivity index (χ1) is 9.59. The molecule has 1 fully saturated rings. The van der Waals surface area contributed by atoms with Crippen LogP contribution in [0.15, 0.2) is 17.1 Å². The molecule has 0 N–H and O–H groups in total. The van der Waals surface area contributed by atoms with Crippen molar-refractivity contribution in [3.63, 3.8) is 0 Å². The summed E-state index contributed by atoms with van der Waals surface area (Å²) in [5.74, 6) is 1.85. The van der Waals surface area contributed by atoms with Crippen LogP contribution < -0.4 is 9.47 Å². The van der Waals surface area contributed by atoms with Gasteiger partial charge in [0.25, 0.3) is 0 Å². The second kappa shape index (κ2) is 5.68. The number of hydrogen-bond acceptors (Lipinski definition) is 4. The summed E-state index contributed by atoms with van der Waals surface area (Å²) in [5, 5.41) is 0. The van der Waals surface area contributed by atoms with Gasteiger partial charge in [0.1, 0.15) is 17.0 Å². The monoisotopic (exact) mass is 275 g/mol. The zero-order chi connectivity index (χ0) is 14.8. The number of benzene rings is 1. The van der Waals surface area contributed by atoms with Gasteiger partial charge in [0.15, 0.2) is 0 Å². The molecule has 0 saturated heterocycles. The predicted molar refractivity (Wildman–Crippen MR) is 77.3 cm³/mol. The molecule has 4 heteroatoms. The van der Waals surface area contributed by atoms with Crippen LogP contribution in [0.4, 0.5) is 0 Å². The summed E-state index contributed by atoms with van der Waals surface area (Å²) in [6.45, 7) is 4.22. The number of aliphatic imine (C=N–C) groups is 1. The van der Waals surface area contributed by atoms with Gasteiger partial charge in [-0.2, -0.15) is 4.99 Å². The summed E-state index contributed by atoms with van der Waals surface area (Å²) in [5.41, 5.74) is 1.58. The minimum absolute atomic E-state index is 0.259. The van der Waals surface area contributed by atoms with Crippen molar-refractivity contribution in [1.82, 2.24) is 0 Å². The number of hydrogen-bond donors (Lipinski definition) is 0. The number of methoxy groups -OCH3 is 2. The van der Waals surface area contributed by atoms with Crippen LogP contribution in [-0.4, -0.2) is 20.3 Å². The van der Waals surface area contributed by atoms with Crippen LogP contribution in [0.25, 0.3) is 0 Å². The fraction of sp³-hybridized carbons (Fsp3) is 0.562. The molecule has 0 amide bonds. The van der Waals surface area contributed by atoms with E-state index in [1.807, 2.05) is 12.1 Å². The third-order valence-electron chi connectivity index (χ3n) is 4.09. The lowest BCUT2D eigenvalue weighted by Gasteiger charge is -2.40. The van der Waals surface area contributed by atoms with Crippen molar-refractivity contribution in [3.05, 3.63) is 23.3 Å². The summed E-state index contributed by atoms with van der Waals surface area (Å²) in [7, 11) is 3.31. The summed E-state index contributed by atoms with van der Waals surface area (Å²) < 4.78 is 11.0. The molecule has 4 nitrogen and oxygen atoms in total. The van der Waals surface area contributed by atoms with Crippen LogP contribution in [0, 0.1) is 0 Å². The Kier molecular flexibility index (Phi) is 4.15. The van der Waals surface area contributed by atoms with Crippen LogP contribution in [-0.2, 0) is 10.3 Å². The largest absolute Gasteiger partial charge is 0.496 e. The van der Waals surface area contributed by atoms with Gasteiger partial charge in [-0.25, -0.2) is 4.79 Å². The Hall–Kier alpha value is -1.80. The zero-order valence-electron chi connectivity index (χ0n) is 12.5. The van der Waals surface area contributed by atoms with Crippen molar-refractivity contribution in [2.45, 2.75) is 44.6 Å². The van der Waals surface area contributed by atoms with E-state index in [1.54, 1.807) is 20.3 Å². The second-order valence-electron chi connectivity index (χ2n) is 5.50. The average molecular weight is 275 g/mol. The summed E-state index contributed by atoms with van der Waals surface area (Å²) in [6, 6.07) is 3.80. The summed E-state index contributed by atoms with van der Waals surface area (Å²) in [4.78, 5) is 15.0. The van der Waals surface area contributed by atoms with Gasteiger partial charge in [-0.15, -0.1) is 0 Å². The lowest BCUT2D eigenvalue weighted by molar-refractivity contribution is 0.242. The first-order valence-corrected chi connectivity index (χ1v) is 6.94. The molecule has 2 rings (SSSR count). The molecule has 0 bridgehead atoms. The molecule has 1 aliphatic rings. The molecule has 0 spiro atoms. The predicted octanol–water partition coefficient (Wildman–Crippen LogP) is 3.54. The van der Waals surface area contributed by atoms with Gasteiger partial charge in [0.2, 0.25) is 6.08 Å². The number of ether oxygens (including phenoxy) is 2. The Morgan fingerprint density at radius 3 is 2.20 bits per heavy atom. The van der Waals surface area contributed by atoms with E-state index in [0.29, 0.717) is 0 Å². The highest BCUT2D eigenvalue weighted by Crippen LogP contribution is 2.52. The van der Waals surface area contributed by atoms with Crippen molar-refractivity contribution in [3.8, 4) is 11.5 Å². The maximum atomic E-state index is 10.9. The Morgan fingerprint density at radius 1 is 1.20 bits per heavy atom. The molecule has 0 atom stereocenters. The standard InChI is InChI=1S/C16H21NO3/c1-11(2)14-12(19-3)6-7-13(20-4)15(14)16(17-10-18)8-5-9-16/h6-7,11H,5,8-9H2,1-4H3.